The van der Waals surface area contributed by atoms with Gasteiger partial charge in [-0.05, 0) is 19.8 Å². The maximum Gasteiger partial charge on any atom is 0.344 e. The third-order valence-corrected chi connectivity index (χ3v) is 4.30. The van der Waals surface area contributed by atoms with Crippen LogP contribution >= 0.6 is 11.8 Å². The topological polar surface area (TPSA) is 89.0 Å². The van der Waals surface area contributed by atoms with Gasteiger partial charge in [0.15, 0.2) is 5.16 Å². The smallest absolute Gasteiger partial charge is 0.344 e. The van der Waals surface area contributed by atoms with Crippen molar-refractivity contribution in [3.63, 3.8) is 0 Å². The molecule has 1 saturated heterocycles. The summed E-state index contributed by atoms with van der Waals surface area (Å²) in [6, 6.07) is 0. The van der Waals surface area contributed by atoms with Gasteiger partial charge in [-0.15, -0.1) is 11.7 Å². The molecule has 1 aromatic heterocycles. The Morgan fingerprint density at radius 3 is 3.24 bits per heavy atom. The number of hydrogen-bond acceptors (Lipinski definition) is 5. The average molecular weight is 312 g/mol. The number of hydrogen-bond donors (Lipinski definition) is 2. The molecule has 1 aromatic rings. The minimum atomic E-state index is -0.344. The van der Waals surface area contributed by atoms with Crippen molar-refractivity contribution in [2.24, 2.45) is 0 Å². The average Bonchev–Trinajstić information content (AvgIpc) is 3.09. The Kier molecular flexibility index (Phi) is 5.63. The van der Waals surface area contributed by atoms with Crippen molar-refractivity contribution in [1.29, 1.82) is 0 Å². The molecule has 8 heteroatoms. The third kappa shape index (κ3) is 4.21. The van der Waals surface area contributed by atoms with E-state index in [9.17, 15) is 9.59 Å². The van der Waals surface area contributed by atoms with Crippen LogP contribution < -0.4 is 11.0 Å². The lowest BCUT2D eigenvalue weighted by Gasteiger charge is -2.13. The Morgan fingerprint density at radius 1 is 1.76 bits per heavy atom. The lowest BCUT2D eigenvalue weighted by atomic mass is 10.2. The van der Waals surface area contributed by atoms with E-state index in [-0.39, 0.29) is 23.0 Å². The van der Waals surface area contributed by atoms with E-state index in [4.69, 9.17) is 4.74 Å². The molecule has 2 rings (SSSR count). The van der Waals surface area contributed by atoms with Crippen molar-refractivity contribution in [1.82, 2.24) is 20.1 Å². The summed E-state index contributed by atoms with van der Waals surface area (Å²) in [5.41, 5.74) is -0.272. The van der Waals surface area contributed by atoms with Crippen LogP contribution in [0.2, 0.25) is 0 Å². The van der Waals surface area contributed by atoms with Gasteiger partial charge in [0.25, 0.3) is 0 Å². The highest BCUT2D eigenvalue weighted by molar-refractivity contribution is 8.00. The molecule has 2 atom stereocenters. The molecule has 0 saturated carbocycles. The quantitative estimate of drug-likeness (QED) is 0.566. The molecule has 21 heavy (non-hydrogen) atoms. The molecule has 116 valence electrons. The summed E-state index contributed by atoms with van der Waals surface area (Å²) in [4.78, 5) is 23.7. The number of carbonyl (C=O) groups is 1. The second-order valence-corrected chi connectivity index (χ2v) is 6.16. The van der Waals surface area contributed by atoms with Gasteiger partial charge in [-0.1, -0.05) is 17.8 Å². The molecular weight excluding hydrogens is 292 g/mol. The number of thioether (sulfide) groups is 1. The largest absolute Gasteiger partial charge is 0.376 e. The van der Waals surface area contributed by atoms with Crippen molar-refractivity contribution >= 4 is 17.7 Å². The van der Waals surface area contributed by atoms with E-state index in [1.807, 2.05) is 0 Å². The summed E-state index contributed by atoms with van der Waals surface area (Å²) < 4.78 is 7.08. The van der Waals surface area contributed by atoms with Gasteiger partial charge >= 0.3 is 5.69 Å². The Balaban J connectivity index is 2.00. The zero-order chi connectivity index (χ0) is 15.2. The van der Waals surface area contributed by atoms with E-state index in [0.717, 1.165) is 19.4 Å². The fraction of sp³-hybridized carbons (Fsp3) is 0.615. The molecule has 2 N–H and O–H groups in total. The van der Waals surface area contributed by atoms with E-state index >= 15 is 0 Å². The van der Waals surface area contributed by atoms with Crippen LogP contribution in [0.3, 0.4) is 0 Å². The molecule has 0 spiro atoms. The number of aromatic nitrogens is 3. The predicted octanol–water partition coefficient (Wildman–Crippen LogP) is 0.533. The number of carbonyl (C=O) groups excluding carboxylic acids is 1. The highest BCUT2D eigenvalue weighted by atomic mass is 32.2. The van der Waals surface area contributed by atoms with Gasteiger partial charge in [0, 0.05) is 13.2 Å². The molecule has 0 unspecified atom stereocenters. The first-order chi connectivity index (χ1) is 10.1. The molecule has 1 aliphatic heterocycles. The highest BCUT2D eigenvalue weighted by Crippen LogP contribution is 2.21. The maximum absolute atomic E-state index is 11.8. The number of nitrogens with zero attached hydrogens (tertiary/aromatic N) is 2. The van der Waals surface area contributed by atoms with E-state index in [1.165, 1.54) is 16.3 Å². The Bertz CT molecular complexity index is 548. The summed E-state index contributed by atoms with van der Waals surface area (Å²) >= 11 is 1.25. The van der Waals surface area contributed by atoms with Crippen molar-refractivity contribution in [2.45, 2.75) is 42.8 Å². The number of ether oxygens (including phenoxy) is 1. The molecule has 2 heterocycles. The summed E-state index contributed by atoms with van der Waals surface area (Å²) in [7, 11) is 0. The van der Waals surface area contributed by atoms with Gasteiger partial charge in [0.05, 0.1) is 17.9 Å². The number of H-pyrrole nitrogens is 1. The second-order valence-electron chi connectivity index (χ2n) is 4.85. The van der Waals surface area contributed by atoms with Crippen molar-refractivity contribution in [2.75, 3.05) is 13.2 Å². The first kappa shape index (κ1) is 15.8. The minimum Gasteiger partial charge on any atom is -0.376 e. The Morgan fingerprint density at radius 2 is 2.57 bits per heavy atom. The first-order valence-corrected chi connectivity index (χ1v) is 7.82. The minimum absolute atomic E-state index is 0.0459. The lowest BCUT2D eigenvalue weighted by Crippen LogP contribution is -2.31. The molecule has 0 radical (unpaired) electrons. The highest BCUT2D eigenvalue weighted by Gasteiger charge is 2.22. The van der Waals surface area contributed by atoms with Gasteiger partial charge < -0.3 is 10.1 Å². The molecular formula is C13H20N4O3S. The molecule has 0 aromatic carbocycles. The van der Waals surface area contributed by atoms with E-state index in [1.54, 1.807) is 13.0 Å². The molecule has 1 fully saturated rings. The Labute approximate surface area is 127 Å². The number of rotatable bonds is 7. The predicted molar refractivity (Wildman–Crippen MR) is 80.3 cm³/mol. The van der Waals surface area contributed by atoms with Crippen molar-refractivity contribution in [3.05, 3.63) is 23.1 Å². The van der Waals surface area contributed by atoms with Crippen molar-refractivity contribution in [3.8, 4) is 0 Å². The summed E-state index contributed by atoms with van der Waals surface area (Å²) in [5.74, 6) is -0.112. The van der Waals surface area contributed by atoms with Crippen LogP contribution in [0.4, 0.5) is 0 Å². The molecule has 1 aliphatic rings. The van der Waals surface area contributed by atoms with Crippen LogP contribution in [0, 0.1) is 0 Å². The van der Waals surface area contributed by atoms with Gasteiger partial charge in [0.2, 0.25) is 5.91 Å². The van der Waals surface area contributed by atoms with Gasteiger partial charge in [0.1, 0.15) is 0 Å². The van der Waals surface area contributed by atoms with Crippen LogP contribution in [-0.4, -0.2) is 45.2 Å². The summed E-state index contributed by atoms with van der Waals surface area (Å²) in [5, 5.41) is 9.32. The fourth-order valence-corrected chi connectivity index (χ4v) is 2.96. The normalized spacial score (nSPS) is 19.4. The first-order valence-electron chi connectivity index (χ1n) is 6.94. The monoisotopic (exact) mass is 312 g/mol. The second kappa shape index (κ2) is 7.46. The van der Waals surface area contributed by atoms with Gasteiger partial charge in [-0.25, -0.2) is 9.89 Å². The van der Waals surface area contributed by atoms with E-state index < -0.39 is 0 Å². The van der Waals surface area contributed by atoms with Gasteiger partial charge in [-0.3, -0.25) is 9.36 Å². The third-order valence-electron chi connectivity index (χ3n) is 3.21. The van der Waals surface area contributed by atoms with Crippen LogP contribution in [0.1, 0.15) is 19.8 Å². The zero-order valence-electron chi connectivity index (χ0n) is 12.0. The van der Waals surface area contributed by atoms with Gasteiger partial charge in [-0.2, -0.15) is 0 Å². The van der Waals surface area contributed by atoms with Crippen LogP contribution in [-0.2, 0) is 16.1 Å². The lowest BCUT2D eigenvalue weighted by molar-refractivity contribution is -0.120. The van der Waals surface area contributed by atoms with Crippen LogP contribution in [0.15, 0.2) is 22.6 Å². The maximum atomic E-state index is 11.8. The van der Waals surface area contributed by atoms with E-state index in [2.05, 4.69) is 22.1 Å². The molecule has 1 amide bonds. The van der Waals surface area contributed by atoms with Crippen molar-refractivity contribution < 1.29 is 9.53 Å². The van der Waals surface area contributed by atoms with E-state index in [0.29, 0.717) is 18.2 Å². The molecule has 7 nitrogen and oxygen atoms in total. The van der Waals surface area contributed by atoms with Crippen LogP contribution in [0.25, 0.3) is 0 Å². The summed E-state index contributed by atoms with van der Waals surface area (Å²) in [6.07, 6.45) is 3.62. The number of nitrogens with one attached hydrogen (secondary N) is 2. The fourth-order valence-electron chi connectivity index (χ4n) is 2.07. The Hall–Kier alpha value is -1.54. The SMILES string of the molecule is C=CCNC(=O)[C@H](C)Sc1n[nH]c(=O)n1C[C@H]1CCCO1. The number of aromatic amines is 1. The summed E-state index contributed by atoms with van der Waals surface area (Å²) in [6.45, 7) is 6.96. The van der Waals surface area contributed by atoms with Crippen LogP contribution in [0.5, 0.6) is 0 Å². The molecule has 0 bridgehead atoms. The zero-order valence-corrected chi connectivity index (χ0v) is 12.8. The molecule has 0 aliphatic carbocycles. The standard InChI is InChI=1S/C13H20N4O3S/c1-3-6-14-11(18)9(2)21-13-16-15-12(19)17(13)8-10-5-4-7-20-10/h3,9-10H,1,4-8H2,2H3,(H,14,18)(H,15,19)/t9-,10+/m0/s1. The number of amides is 1.